The van der Waals surface area contributed by atoms with Gasteiger partial charge in [-0.25, -0.2) is 0 Å². The van der Waals surface area contributed by atoms with Crippen LogP contribution in [-0.4, -0.2) is 41.5 Å². The molecule has 0 aliphatic carbocycles. The fourth-order valence-corrected chi connectivity index (χ4v) is 3.11. The van der Waals surface area contributed by atoms with Crippen LogP contribution in [0, 0.1) is 0 Å². The second-order valence-corrected chi connectivity index (χ2v) is 6.55. The van der Waals surface area contributed by atoms with Crippen molar-refractivity contribution in [2.45, 2.75) is 10.9 Å². The third-order valence-corrected chi connectivity index (χ3v) is 4.69. The molecule has 0 saturated heterocycles. The minimum Gasteiger partial charge on any atom is -0.468 e. The summed E-state index contributed by atoms with van der Waals surface area (Å²) >= 11 is 2.65. The Kier molecular flexibility index (Phi) is 6.82. The van der Waals surface area contributed by atoms with E-state index in [4.69, 9.17) is 0 Å². The smallest absolute Gasteiger partial charge is 0.325 e. The zero-order valence-corrected chi connectivity index (χ0v) is 14.1. The number of amides is 1. The van der Waals surface area contributed by atoms with Crippen molar-refractivity contribution in [3.05, 3.63) is 35.9 Å². The number of methoxy groups -OCH3 is 1. The summed E-state index contributed by atoms with van der Waals surface area (Å²) in [4.78, 5) is 22.5. The molecule has 0 aliphatic heterocycles. The largest absolute Gasteiger partial charge is 0.468 e. The number of nitrogens with one attached hydrogen (secondary N) is 2. The van der Waals surface area contributed by atoms with Crippen LogP contribution in [-0.2, 0) is 20.9 Å². The van der Waals surface area contributed by atoms with Crippen LogP contribution in [0.5, 0.6) is 0 Å². The van der Waals surface area contributed by atoms with Gasteiger partial charge in [-0.3, -0.25) is 9.59 Å². The maximum absolute atomic E-state index is 11.6. The summed E-state index contributed by atoms with van der Waals surface area (Å²) in [6.07, 6.45) is 0. The molecule has 23 heavy (non-hydrogen) atoms. The number of carbonyl (C=O) groups excluding carboxylic acids is 2. The van der Waals surface area contributed by atoms with E-state index in [9.17, 15) is 9.59 Å². The van der Waals surface area contributed by atoms with Crippen molar-refractivity contribution >= 4 is 40.1 Å². The average Bonchev–Trinajstić information content (AvgIpc) is 3.05. The third kappa shape index (κ3) is 6.25. The first kappa shape index (κ1) is 17.2. The van der Waals surface area contributed by atoms with Gasteiger partial charge in [0.15, 0.2) is 4.34 Å². The van der Waals surface area contributed by atoms with E-state index in [2.05, 4.69) is 25.6 Å². The van der Waals surface area contributed by atoms with E-state index in [0.717, 1.165) is 5.56 Å². The molecule has 0 atom stereocenters. The van der Waals surface area contributed by atoms with E-state index in [-0.39, 0.29) is 18.2 Å². The predicted octanol–water partition coefficient (Wildman–Crippen LogP) is 1.53. The van der Waals surface area contributed by atoms with Crippen molar-refractivity contribution in [3.8, 4) is 0 Å². The van der Waals surface area contributed by atoms with Crippen LogP contribution < -0.4 is 10.6 Å². The van der Waals surface area contributed by atoms with Gasteiger partial charge in [-0.1, -0.05) is 53.4 Å². The molecule has 0 spiro atoms. The van der Waals surface area contributed by atoms with Crippen molar-refractivity contribution in [2.75, 3.05) is 24.7 Å². The van der Waals surface area contributed by atoms with Crippen LogP contribution in [0.15, 0.2) is 34.7 Å². The summed E-state index contributed by atoms with van der Waals surface area (Å²) in [5.41, 5.74) is 1.15. The Hall–Kier alpha value is -2.13. The van der Waals surface area contributed by atoms with Crippen molar-refractivity contribution in [1.82, 2.24) is 15.5 Å². The number of ether oxygens (including phenoxy) is 1. The van der Waals surface area contributed by atoms with Gasteiger partial charge in [0.25, 0.3) is 0 Å². The molecule has 1 heterocycles. The number of nitrogens with zero attached hydrogens (tertiary/aromatic N) is 2. The Bertz CT molecular complexity index is 648. The number of benzene rings is 1. The second-order valence-electron chi connectivity index (χ2n) is 4.35. The van der Waals surface area contributed by atoms with Crippen LogP contribution in [0.25, 0.3) is 0 Å². The number of rotatable bonds is 8. The van der Waals surface area contributed by atoms with Crippen LogP contribution in [0.2, 0.25) is 0 Å². The number of anilines is 1. The van der Waals surface area contributed by atoms with Crippen LogP contribution >= 0.6 is 23.1 Å². The lowest BCUT2D eigenvalue weighted by Crippen LogP contribution is -2.31. The first-order chi connectivity index (χ1) is 11.2. The first-order valence-corrected chi connectivity index (χ1v) is 8.55. The van der Waals surface area contributed by atoms with Crippen molar-refractivity contribution in [2.24, 2.45) is 0 Å². The third-order valence-electron chi connectivity index (χ3n) is 2.68. The molecule has 2 aromatic rings. The molecule has 0 bridgehead atoms. The van der Waals surface area contributed by atoms with E-state index >= 15 is 0 Å². The van der Waals surface area contributed by atoms with Gasteiger partial charge in [0.1, 0.15) is 6.54 Å². The zero-order chi connectivity index (χ0) is 16.5. The molecule has 0 aliphatic rings. The van der Waals surface area contributed by atoms with Crippen molar-refractivity contribution < 1.29 is 14.3 Å². The molecule has 2 rings (SSSR count). The Labute approximate surface area is 141 Å². The highest BCUT2D eigenvalue weighted by Crippen LogP contribution is 2.25. The summed E-state index contributed by atoms with van der Waals surface area (Å²) in [7, 11) is 1.27. The first-order valence-electron chi connectivity index (χ1n) is 6.75. The Morgan fingerprint density at radius 1 is 1.26 bits per heavy atom. The lowest BCUT2D eigenvalue weighted by molar-refractivity contribution is -0.140. The monoisotopic (exact) mass is 352 g/mol. The molecule has 2 N–H and O–H groups in total. The van der Waals surface area contributed by atoms with E-state index in [1.54, 1.807) is 0 Å². The van der Waals surface area contributed by atoms with Crippen LogP contribution in [0.1, 0.15) is 5.56 Å². The standard InChI is InChI=1S/C14H16N4O3S2/c1-21-12(20)8-15-11(19)9-22-14-18-17-13(23-14)16-7-10-5-3-2-4-6-10/h2-6H,7-9H2,1H3,(H,15,19)(H,16,17). The van der Waals surface area contributed by atoms with E-state index in [1.807, 2.05) is 30.3 Å². The molecular formula is C14H16N4O3S2. The normalized spacial score (nSPS) is 10.1. The predicted molar refractivity (Wildman–Crippen MR) is 89.4 cm³/mol. The number of carbonyl (C=O) groups is 2. The molecule has 9 heteroatoms. The summed E-state index contributed by atoms with van der Waals surface area (Å²) in [5.74, 6) is -0.564. The highest BCUT2D eigenvalue weighted by atomic mass is 32.2. The Balaban J connectivity index is 1.72. The van der Waals surface area contributed by atoms with Crippen molar-refractivity contribution in [3.63, 3.8) is 0 Å². The average molecular weight is 352 g/mol. The summed E-state index contributed by atoms with van der Waals surface area (Å²) in [6, 6.07) is 9.97. The van der Waals surface area contributed by atoms with Gasteiger partial charge >= 0.3 is 5.97 Å². The number of hydrogen-bond acceptors (Lipinski definition) is 8. The Morgan fingerprint density at radius 2 is 2.04 bits per heavy atom. The van der Waals surface area contributed by atoms with E-state index in [0.29, 0.717) is 16.0 Å². The molecule has 0 fully saturated rings. The number of aromatic nitrogens is 2. The molecular weight excluding hydrogens is 336 g/mol. The molecule has 0 saturated carbocycles. The minimum atomic E-state index is -0.480. The molecule has 1 aromatic carbocycles. The molecule has 0 radical (unpaired) electrons. The van der Waals surface area contributed by atoms with Gasteiger partial charge in [0, 0.05) is 6.54 Å². The number of thioether (sulfide) groups is 1. The Morgan fingerprint density at radius 3 is 2.78 bits per heavy atom. The van der Waals surface area contributed by atoms with Gasteiger partial charge in [0.05, 0.1) is 12.9 Å². The lowest BCUT2D eigenvalue weighted by atomic mass is 10.2. The van der Waals surface area contributed by atoms with E-state index < -0.39 is 5.97 Å². The van der Waals surface area contributed by atoms with Gasteiger partial charge < -0.3 is 15.4 Å². The van der Waals surface area contributed by atoms with Gasteiger partial charge in [-0.2, -0.15) is 0 Å². The summed E-state index contributed by atoms with van der Waals surface area (Å²) < 4.78 is 5.13. The molecule has 122 valence electrons. The summed E-state index contributed by atoms with van der Waals surface area (Å²) in [6.45, 7) is 0.537. The lowest BCUT2D eigenvalue weighted by Gasteiger charge is -2.02. The zero-order valence-electron chi connectivity index (χ0n) is 12.4. The quantitative estimate of drug-likeness (QED) is 0.550. The van der Waals surface area contributed by atoms with Gasteiger partial charge in [-0.15, -0.1) is 10.2 Å². The van der Waals surface area contributed by atoms with Gasteiger partial charge in [-0.05, 0) is 5.56 Å². The number of esters is 1. The fraction of sp³-hybridized carbons (Fsp3) is 0.286. The molecule has 0 unspecified atom stereocenters. The van der Waals surface area contributed by atoms with Crippen LogP contribution in [0.4, 0.5) is 5.13 Å². The van der Waals surface area contributed by atoms with Gasteiger partial charge in [0.2, 0.25) is 11.0 Å². The van der Waals surface area contributed by atoms with Crippen molar-refractivity contribution in [1.29, 1.82) is 0 Å². The highest BCUT2D eigenvalue weighted by molar-refractivity contribution is 8.01. The molecule has 1 amide bonds. The minimum absolute atomic E-state index is 0.129. The second kappa shape index (κ2) is 9.11. The maximum atomic E-state index is 11.6. The fourth-order valence-electron chi connectivity index (χ4n) is 1.53. The SMILES string of the molecule is COC(=O)CNC(=O)CSc1nnc(NCc2ccccc2)s1. The van der Waals surface area contributed by atoms with Crippen LogP contribution in [0.3, 0.4) is 0 Å². The molecule has 1 aromatic heterocycles. The highest BCUT2D eigenvalue weighted by Gasteiger charge is 2.09. The maximum Gasteiger partial charge on any atom is 0.325 e. The summed E-state index contributed by atoms with van der Waals surface area (Å²) in [5, 5.41) is 14.4. The van der Waals surface area contributed by atoms with E-state index in [1.165, 1.54) is 30.2 Å². The molecule has 7 nitrogen and oxygen atoms in total. The topological polar surface area (TPSA) is 93.2 Å². The number of hydrogen-bond donors (Lipinski definition) is 2.